The van der Waals surface area contributed by atoms with Gasteiger partial charge < -0.3 is 9.47 Å². The molecule has 29 heavy (non-hydrogen) atoms. The molecule has 158 valence electrons. The van der Waals surface area contributed by atoms with E-state index < -0.39 is 9.84 Å². The zero-order valence-electron chi connectivity index (χ0n) is 17.3. The number of aromatic nitrogens is 3. The Hall–Kier alpha value is -1.87. The van der Waals surface area contributed by atoms with Crippen LogP contribution in [-0.4, -0.2) is 56.8 Å². The number of carbonyl (C=O) groups excluding carboxylic acids is 1. The molecule has 0 aliphatic carbocycles. The van der Waals surface area contributed by atoms with E-state index in [0.29, 0.717) is 23.9 Å². The average Bonchev–Trinajstić information content (AvgIpc) is 3.19. The van der Waals surface area contributed by atoms with E-state index in [0.717, 1.165) is 5.56 Å². The Morgan fingerprint density at radius 1 is 1.24 bits per heavy atom. The lowest BCUT2D eigenvalue weighted by molar-refractivity contribution is -0.133. The fourth-order valence-corrected chi connectivity index (χ4v) is 6.01. The lowest BCUT2D eigenvalue weighted by Crippen LogP contribution is -2.45. The number of amides is 1. The molecule has 3 rings (SSSR count). The maximum absolute atomic E-state index is 13.0. The second kappa shape index (κ2) is 8.47. The molecule has 0 saturated carbocycles. The molecule has 9 heteroatoms. The minimum absolute atomic E-state index is 0.0272. The summed E-state index contributed by atoms with van der Waals surface area (Å²) in [6, 6.07) is 9.94. The first kappa shape index (κ1) is 21.8. The van der Waals surface area contributed by atoms with E-state index in [2.05, 4.69) is 10.2 Å². The summed E-state index contributed by atoms with van der Waals surface area (Å²) >= 11 is 1.34. The van der Waals surface area contributed by atoms with Crippen LogP contribution in [0.5, 0.6) is 0 Å². The van der Waals surface area contributed by atoms with Crippen LogP contribution in [0.15, 0.2) is 35.5 Å². The van der Waals surface area contributed by atoms with Crippen LogP contribution in [0.4, 0.5) is 0 Å². The smallest absolute Gasteiger partial charge is 0.233 e. The van der Waals surface area contributed by atoms with E-state index in [1.54, 1.807) is 0 Å². The van der Waals surface area contributed by atoms with Crippen molar-refractivity contribution in [2.24, 2.45) is 7.05 Å². The SMILES string of the molecule is Cn1c(SCC(=O)N(Cc2ccccc2)C(C)(C)C)nnc1C1CCS(=O)(=O)C1. The summed E-state index contributed by atoms with van der Waals surface area (Å²) in [6.45, 7) is 6.63. The molecule has 0 bridgehead atoms. The van der Waals surface area contributed by atoms with Gasteiger partial charge in [-0.25, -0.2) is 8.42 Å². The molecule has 1 aliphatic rings. The molecule has 0 radical (unpaired) electrons. The first-order chi connectivity index (χ1) is 13.6. The molecular weight excluding hydrogens is 408 g/mol. The highest BCUT2D eigenvalue weighted by Crippen LogP contribution is 2.29. The van der Waals surface area contributed by atoms with Crippen LogP contribution in [-0.2, 0) is 28.2 Å². The van der Waals surface area contributed by atoms with Gasteiger partial charge >= 0.3 is 0 Å². The second-order valence-electron chi connectivity index (χ2n) is 8.42. The van der Waals surface area contributed by atoms with Gasteiger partial charge in [0.2, 0.25) is 5.91 Å². The van der Waals surface area contributed by atoms with Gasteiger partial charge in [0.25, 0.3) is 0 Å². The van der Waals surface area contributed by atoms with Crippen LogP contribution < -0.4 is 0 Å². The normalized spacial score (nSPS) is 18.7. The number of hydrogen-bond acceptors (Lipinski definition) is 6. The van der Waals surface area contributed by atoms with Crippen LogP contribution in [0, 0.1) is 0 Å². The topological polar surface area (TPSA) is 85.2 Å². The molecule has 1 unspecified atom stereocenters. The quantitative estimate of drug-likeness (QED) is 0.647. The van der Waals surface area contributed by atoms with E-state index >= 15 is 0 Å². The van der Waals surface area contributed by atoms with Crippen molar-refractivity contribution in [1.29, 1.82) is 0 Å². The Bertz CT molecular complexity index is 965. The Balaban J connectivity index is 1.67. The number of sulfone groups is 1. The fraction of sp³-hybridized carbons (Fsp3) is 0.550. The van der Waals surface area contributed by atoms with Crippen LogP contribution >= 0.6 is 11.8 Å². The lowest BCUT2D eigenvalue weighted by atomic mass is 10.0. The van der Waals surface area contributed by atoms with Crippen LogP contribution in [0.2, 0.25) is 0 Å². The van der Waals surface area contributed by atoms with E-state index in [4.69, 9.17) is 0 Å². The van der Waals surface area contributed by atoms with Crippen molar-refractivity contribution < 1.29 is 13.2 Å². The predicted octanol–water partition coefficient (Wildman–Crippen LogP) is 2.64. The molecule has 1 aromatic heterocycles. The van der Waals surface area contributed by atoms with E-state index in [9.17, 15) is 13.2 Å². The summed E-state index contributed by atoms with van der Waals surface area (Å²) in [5, 5.41) is 9.03. The van der Waals surface area contributed by atoms with Gasteiger partial charge in [-0.3, -0.25) is 4.79 Å². The van der Waals surface area contributed by atoms with Gasteiger partial charge in [0, 0.05) is 25.0 Å². The summed E-state index contributed by atoms with van der Waals surface area (Å²) in [6.07, 6.45) is 0.576. The average molecular weight is 437 g/mol. The van der Waals surface area contributed by atoms with Crippen LogP contribution in [0.25, 0.3) is 0 Å². The Morgan fingerprint density at radius 3 is 2.52 bits per heavy atom. The number of hydrogen-bond donors (Lipinski definition) is 0. The van der Waals surface area contributed by atoms with Gasteiger partial charge in [0.15, 0.2) is 15.0 Å². The highest BCUT2D eigenvalue weighted by Gasteiger charge is 2.33. The molecule has 7 nitrogen and oxygen atoms in total. The number of carbonyl (C=O) groups is 1. The van der Waals surface area contributed by atoms with Crippen molar-refractivity contribution >= 4 is 27.5 Å². The number of benzene rings is 1. The van der Waals surface area contributed by atoms with Crippen LogP contribution in [0.1, 0.15) is 44.5 Å². The Labute approximate surface area is 176 Å². The molecule has 2 heterocycles. The summed E-state index contributed by atoms with van der Waals surface area (Å²) in [5.41, 5.74) is 0.778. The van der Waals surface area contributed by atoms with Crippen molar-refractivity contribution in [3.63, 3.8) is 0 Å². The largest absolute Gasteiger partial charge is 0.333 e. The molecule has 1 aromatic carbocycles. The third-order valence-corrected chi connectivity index (χ3v) is 7.86. The van der Waals surface area contributed by atoms with Gasteiger partial charge in [-0.15, -0.1) is 10.2 Å². The van der Waals surface area contributed by atoms with Gasteiger partial charge in [-0.2, -0.15) is 0 Å². The fourth-order valence-electron chi connectivity index (χ4n) is 3.48. The molecule has 1 saturated heterocycles. The summed E-state index contributed by atoms with van der Waals surface area (Å²) in [5.74, 6) is 1.16. The highest BCUT2D eigenvalue weighted by atomic mass is 32.2. The summed E-state index contributed by atoms with van der Waals surface area (Å²) in [7, 11) is -1.15. The zero-order valence-corrected chi connectivity index (χ0v) is 19.0. The molecule has 1 atom stereocenters. The van der Waals surface area contributed by atoms with Crippen molar-refractivity contribution in [3.05, 3.63) is 41.7 Å². The van der Waals surface area contributed by atoms with Crippen molar-refractivity contribution in [2.75, 3.05) is 17.3 Å². The molecule has 1 aliphatic heterocycles. The zero-order chi connectivity index (χ0) is 21.2. The minimum atomic E-state index is -2.98. The molecule has 2 aromatic rings. The van der Waals surface area contributed by atoms with Crippen LogP contribution in [0.3, 0.4) is 0 Å². The molecule has 0 spiro atoms. The van der Waals surface area contributed by atoms with Gasteiger partial charge in [0.1, 0.15) is 5.82 Å². The van der Waals surface area contributed by atoms with Gasteiger partial charge in [0.05, 0.1) is 17.3 Å². The minimum Gasteiger partial charge on any atom is -0.333 e. The molecule has 1 fully saturated rings. The van der Waals surface area contributed by atoms with E-state index in [-0.39, 0.29) is 34.6 Å². The van der Waals surface area contributed by atoms with Gasteiger partial charge in [-0.05, 0) is 32.8 Å². The second-order valence-corrected chi connectivity index (χ2v) is 11.6. The number of nitrogens with zero attached hydrogens (tertiary/aromatic N) is 4. The standard InChI is InChI=1S/C20H28N4O3S2/c1-20(2,3)24(12-15-8-6-5-7-9-15)17(25)13-28-19-22-21-18(23(19)4)16-10-11-29(26,27)14-16/h5-9,16H,10-14H2,1-4H3. The maximum Gasteiger partial charge on any atom is 0.233 e. The number of rotatable bonds is 6. The van der Waals surface area contributed by atoms with E-state index in [1.807, 2.05) is 67.6 Å². The predicted molar refractivity (Wildman–Crippen MR) is 114 cm³/mol. The molecule has 0 N–H and O–H groups in total. The molecular formula is C20H28N4O3S2. The van der Waals surface area contributed by atoms with Crippen molar-refractivity contribution in [3.8, 4) is 0 Å². The summed E-state index contributed by atoms with van der Waals surface area (Å²) in [4.78, 5) is 14.9. The Morgan fingerprint density at radius 2 is 1.93 bits per heavy atom. The van der Waals surface area contributed by atoms with Crippen molar-refractivity contribution in [2.45, 2.75) is 50.4 Å². The Kier molecular flexibility index (Phi) is 6.38. The maximum atomic E-state index is 13.0. The third-order valence-electron chi connectivity index (χ3n) is 5.09. The van der Waals surface area contributed by atoms with Crippen molar-refractivity contribution in [1.82, 2.24) is 19.7 Å². The number of thioether (sulfide) groups is 1. The monoisotopic (exact) mass is 436 g/mol. The van der Waals surface area contributed by atoms with Gasteiger partial charge in [-0.1, -0.05) is 42.1 Å². The highest BCUT2D eigenvalue weighted by molar-refractivity contribution is 7.99. The molecule has 1 amide bonds. The first-order valence-corrected chi connectivity index (χ1v) is 12.4. The van der Waals surface area contributed by atoms with E-state index in [1.165, 1.54) is 11.8 Å². The first-order valence-electron chi connectivity index (χ1n) is 9.64. The lowest BCUT2D eigenvalue weighted by Gasteiger charge is -2.36. The third kappa shape index (κ3) is 5.39. The summed E-state index contributed by atoms with van der Waals surface area (Å²) < 4.78 is 25.3.